The van der Waals surface area contributed by atoms with Gasteiger partial charge in [0.2, 0.25) is 0 Å². The van der Waals surface area contributed by atoms with E-state index in [0.29, 0.717) is 12.5 Å². The van der Waals surface area contributed by atoms with Gasteiger partial charge in [0.1, 0.15) is 0 Å². The van der Waals surface area contributed by atoms with Crippen molar-refractivity contribution in [2.24, 2.45) is 17.3 Å². The second kappa shape index (κ2) is 5.00. The van der Waals surface area contributed by atoms with Crippen molar-refractivity contribution in [2.75, 3.05) is 6.61 Å². The molecule has 1 saturated carbocycles. The predicted molar refractivity (Wildman–Crippen MR) is 61.5 cm³/mol. The maximum atomic E-state index is 11.5. The third-order valence-corrected chi connectivity index (χ3v) is 3.20. The molecule has 0 atom stereocenters. The van der Waals surface area contributed by atoms with Gasteiger partial charge < -0.3 is 4.74 Å². The molecule has 1 aliphatic carbocycles. The summed E-state index contributed by atoms with van der Waals surface area (Å²) in [5.41, 5.74) is -0.359. The van der Waals surface area contributed by atoms with E-state index in [2.05, 4.69) is 6.92 Å². The van der Waals surface area contributed by atoms with Crippen molar-refractivity contribution in [1.82, 2.24) is 0 Å². The zero-order valence-corrected chi connectivity index (χ0v) is 10.5. The highest BCUT2D eigenvalue weighted by atomic mass is 16.5. The fraction of sp³-hybridized carbons (Fsp3) is 0.923. The Hall–Kier alpha value is -0.530. The molecule has 0 aromatic rings. The number of carbonyl (C=O) groups excluding carboxylic acids is 1. The number of ether oxygens (including phenoxy) is 1. The highest BCUT2D eigenvalue weighted by Crippen LogP contribution is 2.28. The quantitative estimate of drug-likeness (QED) is 0.656. The maximum Gasteiger partial charge on any atom is 0.311 e. The average molecular weight is 212 g/mol. The SMILES string of the molecule is CC1CCC(COC(=O)C(C)(C)C)CC1. The van der Waals surface area contributed by atoms with Gasteiger partial charge >= 0.3 is 5.97 Å². The topological polar surface area (TPSA) is 26.3 Å². The first-order chi connectivity index (χ1) is 6.89. The molecule has 0 spiro atoms. The summed E-state index contributed by atoms with van der Waals surface area (Å²) in [6.45, 7) is 8.63. The predicted octanol–water partition coefficient (Wildman–Crippen LogP) is 3.40. The van der Waals surface area contributed by atoms with Gasteiger partial charge in [0.25, 0.3) is 0 Å². The van der Waals surface area contributed by atoms with Crippen LogP contribution in [0.1, 0.15) is 53.4 Å². The summed E-state index contributed by atoms with van der Waals surface area (Å²) < 4.78 is 5.34. The van der Waals surface area contributed by atoms with Crippen LogP contribution in [-0.4, -0.2) is 12.6 Å². The highest BCUT2D eigenvalue weighted by molar-refractivity contribution is 5.75. The molecule has 2 heteroatoms. The maximum absolute atomic E-state index is 11.5. The fourth-order valence-corrected chi connectivity index (χ4v) is 1.91. The lowest BCUT2D eigenvalue weighted by atomic mass is 9.83. The summed E-state index contributed by atoms with van der Waals surface area (Å²) in [7, 11) is 0. The molecular formula is C13H24O2. The molecule has 0 aromatic carbocycles. The molecule has 0 aromatic heterocycles. The first-order valence-electron chi connectivity index (χ1n) is 6.07. The number of esters is 1. The Bertz CT molecular complexity index is 207. The Balaban J connectivity index is 2.23. The van der Waals surface area contributed by atoms with E-state index in [4.69, 9.17) is 4.74 Å². The van der Waals surface area contributed by atoms with Crippen LogP contribution in [0.4, 0.5) is 0 Å². The van der Waals surface area contributed by atoms with Gasteiger partial charge in [-0.25, -0.2) is 0 Å². The summed E-state index contributed by atoms with van der Waals surface area (Å²) in [6.07, 6.45) is 5.02. The van der Waals surface area contributed by atoms with Crippen molar-refractivity contribution in [3.8, 4) is 0 Å². The van der Waals surface area contributed by atoms with Gasteiger partial charge in [0.05, 0.1) is 12.0 Å². The summed E-state index contributed by atoms with van der Waals surface area (Å²) in [4.78, 5) is 11.5. The number of hydrogen-bond donors (Lipinski definition) is 0. The van der Waals surface area contributed by atoms with Crippen LogP contribution >= 0.6 is 0 Å². The van der Waals surface area contributed by atoms with Gasteiger partial charge in [-0.15, -0.1) is 0 Å². The van der Waals surface area contributed by atoms with E-state index in [9.17, 15) is 4.79 Å². The minimum atomic E-state index is -0.359. The molecule has 1 rings (SSSR count). The average Bonchev–Trinajstić information content (AvgIpc) is 2.15. The fourth-order valence-electron chi connectivity index (χ4n) is 1.91. The summed E-state index contributed by atoms with van der Waals surface area (Å²) in [5, 5.41) is 0. The van der Waals surface area contributed by atoms with Crippen LogP contribution in [0.25, 0.3) is 0 Å². The van der Waals surface area contributed by atoms with Gasteiger partial charge in [-0.05, 0) is 45.4 Å². The van der Waals surface area contributed by atoms with Crippen LogP contribution in [0.3, 0.4) is 0 Å². The lowest BCUT2D eigenvalue weighted by molar-refractivity contribution is -0.154. The van der Waals surface area contributed by atoms with E-state index in [1.807, 2.05) is 20.8 Å². The third-order valence-electron chi connectivity index (χ3n) is 3.20. The molecule has 2 nitrogen and oxygen atoms in total. The highest BCUT2D eigenvalue weighted by Gasteiger charge is 2.25. The first kappa shape index (κ1) is 12.5. The molecule has 88 valence electrons. The molecule has 0 heterocycles. The second-order valence-corrected chi connectivity index (χ2v) is 5.97. The molecule has 0 bridgehead atoms. The van der Waals surface area contributed by atoms with Gasteiger partial charge in [0, 0.05) is 0 Å². The molecule has 1 aliphatic rings. The number of rotatable bonds is 2. The van der Waals surface area contributed by atoms with Crippen molar-refractivity contribution in [1.29, 1.82) is 0 Å². The minimum absolute atomic E-state index is 0.0684. The molecular weight excluding hydrogens is 188 g/mol. The molecule has 0 radical (unpaired) electrons. The van der Waals surface area contributed by atoms with Crippen LogP contribution in [0.5, 0.6) is 0 Å². The Labute approximate surface area is 93.4 Å². The summed E-state index contributed by atoms with van der Waals surface area (Å²) in [5.74, 6) is 1.40. The lowest BCUT2D eigenvalue weighted by Gasteiger charge is -2.27. The van der Waals surface area contributed by atoms with E-state index in [1.54, 1.807) is 0 Å². The van der Waals surface area contributed by atoms with E-state index >= 15 is 0 Å². The Morgan fingerprint density at radius 2 is 1.73 bits per heavy atom. The van der Waals surface area contributed by atoms with Crippen molar-refractivity contribution >= 4 is 5.97 Å². The van der Waals surface area contributed by atoms with Crippen LogP contribution in [-0.2, 0) is 9.53 Å². The smallest absolute Gasteiger partial charge is 0.311 e. The zero-order chi connectivity index (χ0) is 11.5. The third kappa shape index (κ3) is 4.23. The van der Waals surface area contributed by atoms with Crippen LogP contribution in [0.15, 0.2) is 0 Å². The van der Waals surface area contributed by atoms with Gasteiger partial charge in [-0.3, -0.25) is 4.79 Å². The summed E-state index contributed by atoms with van der Waals surface area (Å²) >= 11 is 0. The second-order valence-electron chi connectivity index (χ2n) is 5.97. The molecule has 15 heavy (non-hydrogen) atoms. The van der Waals surface area contributed by atoms with Gasteiger partial charge in [0.15, 0.2) is 0 Å². The van der Waals surface area contributed by atoms with Crippen LogP contribution < -0.4 is 0 Å². The molecule has 0 amide bonds. The van der Waals surface area contributed by atoms with Crippen LogP contribution in [0, 0.1) is 17.3 Å². The normalized spacial score (nSPS) is 27.5. The van der Waals surface area contributed by atoms with E-state index in [1.165, 1.54) is 25.7 Å². The molecule has 0 aliphatic heterocycles. The Kier molecular flexibility index (Phi) is 4.18. The van der Waals surface area contributed by atoms with E-state index < -0.39 is 0 Å². The van der Waals surface area contributed by atoms with Crippen molar-refractivity contribution in [3.05, 3.63) is 0 Å². The molecule has 0 unspecified atom stereocenters. The lowest BCUT2D eigenvalue weighted by Crippen LogP contribution is -2.26. The monoisotopic (exact) mass is 212 g/mol. The number of carbonyl (C=O) groups is 1. The Morgan fingerprint density at radius 1 is 1.20 bits per heavy atom. The van der Waals surface area contributed by atoms with Crippen molar-refractivity contribution in [3.63, 3.8) is 0 Å². The molecule has 0 saturated heterocycles. The van der Waals surface area contributed by atoms with Crippen molar-refractivity contribution < 1.29 is 9.53 Å². The van der Waals surface area contributed by atoms with Gasteiger partial charge in [-0.2, -0.15) is 0 Å². The standard InChI is InChI=1S/C13H24O2/c1-10-5-7-11(8-6-10)9-15-12(14)13(2,3)4/h10-11H,5-9H2,1-4H3. The van der Waals surface area contributed by atoms with Gasteiger partial charge in [-0.1, -0.05) is 19.8 Å². The van der Waals surface area contributed by atoms with E-state index in [-0.39, 0.29) is 11.4 Å². The van der Waals surface area contributed by atoms with Crippen molar-refractivity contribution in [2.45, 2.75) is 53.4 Å². The molecule has 0 N–H and O–H groups in total. The molecule has 1 fully saturated rings. The zero-order valence-electron chi connectivity index (χ0n) is 10.5. The largest absolute Gasteiger partial charge is 0.465 e. The Morgan fingerprint density at radius 3 is 2.20 bits per heavy atom. The first-order valence-corrected chi connectivity index (χ1v) is 6.07. The van der Waals surface area contributed by atoms with E-state index in [0.717, 1.165) is 5.92 Å². The number of hydrogen-bond acceptors (Lipinski definition) is 2. The van der Waals surface area contributed by atoms with Crippen LogP contribution in [0.2, 0.25) is 0 Å². The summed E-state index contributed by atoms with van der Waals surface area (Å²) in [6, 6.07) is 0. The minimum Gasteiger partial charge on any atom is -0.465 e.